The molecular weight excluding hydrogens is 316 g/mol. The summed E-state index contributed by atoms with van der Waals surface area (Å²) in [5.74, 6) is 1.72. The van der Waals surface area contributed by atoms with Crippen molar-refractivity contribution in [1.82, 2.24) is 14.9 Å². The van der Waals surface area contributed by atoms with Gasteiger partial charge in [-0.15, -0.1) is 0 Å². The number of fused-ring (bicyclic) bond motifs is 1. The van der Waals surface area contributed by atoms with Crippen LogP contribution in [0.25, 0.3) is 0 Å². The van der Waals surface area contributed by atoms with Gasteiger partial charge in [-0.1, -0.05) is 6.92 Å². The molecule has 1 saturated heterocycles. The minimum absolute atomic E-state index is 0.333. The maximum Gasteiger partial charge on any atom is 0.231 e. The standard InChI is InChI=1S/C19H26N4O2/c1-2-15(12-22-10-7-20-13-22)21-16-5-8-23(9-6-16)17-3-4-18-19(11-17)25-14-24-18/h3-4,7,10-11,13,15-16,21H,2,5-6,8-9,12,14H2,1H3. The fraction of sp³-hybridized carbons (Fsp3) is 0.526. The molecule has 0 spiro atoms. The number of hydrogen-bond donors (Lipinski definition) is 1. The van der Waals surface area contributed by atoms with Crippen molar-refractivity contribution in [3.63, 3.8) is 0 Å². The summed E-state index contributed by atoms with van der Waals surface area (Å²) in [6, 6.07) is 7.33. The van der Waals surface area contributed by atoms with Crippen molar-refractivity contribution in [3.8, 4) is 11.5 Å². The van der Waals surface area contributed by atoms with Crippen molar-refractivity contribution in [2.24, 2.45) is 0 Å². The molecule has 0 amide bonds. The van der Waals surface area contributed by atoms with Gasteiger partial charge in [0.2, 0.25) is 6.79 Å². The van der Waals surface area contributed by atoms with Crippen molar-refractivity contribution < 1.29 is 9.47 Å². The van der Waals surface area contributed by atoms with Crippen LogP contribution in [0.1, 0.15) is 26.2 Å². The largest absolute Gasteiger partial charge is 0.454 e. The Morgan fingerprint density at radius 2 is 2.08 bits per heavy atom. The quantitative estimate of drug-likeness (QED) is 0.875. The Hall–Kier alpha value is -2.21. The van der Waals surface area contributed by atoms with Gasteiger partial charge >= 0.3 is 0 Å². The van der Waals surface area contributed by atoms with Gasteiger partial charge in [0, 0.05) is 55.9 Å². The molecule has 1 N–H and O–H groups in total. The highest BCUT2D eigenvalue weighted by atomic mass is 16.7. The van der Waals surface area contributed by atoms with Crippen LogP contribution in [0.5, 0.6) is 11.5 Å². The summed E-state index contributed by atoms with van der Waals surface area (Å²) < 4.78 is 13.1. The lowest BCUT2D eigenvalue weighted by atomic mass is 10.0. The number of nitrogens with one attached hydrogen (secondary N) is 1. The number of benzene rings is 1. The van der Waals surface area contributed by atoms with Crippen LogP contribution in [-0.2, 0) is 6.54 Å². The fourth-order valence-electron chi connectivity index (χ4n) is 3.67. The summed E-state index contributed by atoms with van der Waals surface area (Å²) >= 11 is 0. The summed E-state index contributed by atoms with van der Waals surface area (Å²) in [6.07, 6.45) is 9.22. The summed E-state index contributed by atoms with van der Waals surface area (Å²) in [5, 5.41) is 3.84. The van der Waals surface area contributed by atoms with Crippen LogP contribution >= 0.6 is 0 Å². The number of rotatable bonds is 6. The first kappa shape index (κ1) is 16.3. The van der Waals surface area contributed by atoms with Gasteiger partial charge in [0.15, 0.2) is 11.5 Å². The first-order chi connectivity index (χ1) is 12.3. The van der Waals surface area contributed by atoms with Crippen molar-refractivity contribution in [3.05, 3.63) is 36.9 Å². The molecule has 6 heteroatoms. The Balaban J connectivity index is 1.30. The molecule has 3 heterocycles. The first-order valence-electron chi connectivity index (χ1n) is 9.18. The Kier molecular flexibility index (Phi) is 4.78. The number of nitrogens with zero attached hydrogens (tertiary/aromatic N) is 3. The molecule has 1 aromatic carbocycles. The second kappa shape index (κ2) is 7.35. The van der Waals surface area contributed by atoms with E-state index in [0.717, 1.165) is 50.4 Å². The van der Waals surface area contributed by atoms with E-state index >= 15 is 0 Å². The topological polar surface area (TPSA) is 51.6 Å². The second-order valence-electron chi connectivity index (χ2n) is 6.83. The van der Waals surface area contributed by atoms with Crippen LogP contribution < -0.4 is 19.7 Å². The third-order valence-corrected chi connectivity index (χ3v) is 5.17. The number of piperidine rings is 1. The molecule has 1 aromatic heterocycles. The van der Waals surface area contributed by atoms with Crippen molar-refractivity contribution >= 4 is 5.69 Å². The lowest BCUT2D eigenvalue weighted by Gasteiger charge is -2.36. The van der Waals surface area contributed by atoms with Gasteiger partial charge in [0.1, 0.15) is 0 Å². The fourth-order valence-corrected chi connectivity index (χ4v) is 3.67. The van der Waals surface area contributed by atoms with Crippen LogP contribution in [0.4, 0.5) is 5.69 Å². The molecule has 2 aromatic rings. The van der Waals surface area contributed by atoms with Gasteiger partial charge in [0.25, 0.3) is 0 Å². The maximum absolute atomic E-state index is 5.50. The molecule has 1 fully saturated rings. The van der Waals surface area contributed by atoms with Crippen LogP contribution in [0, 0.1) is 0 Å². The minimum Gasteiger partial charge on any atom is -0.454 e. The van der Waals surface area contributed by atoms with Crippen LogP contribution in [0.15, 0.2) is 36.9 Å². The SMILES string of the molecule is CCC(Cn1ccnc1)NC1CCN(c2ccc3c(c2)OCO3)CC1. The molecule has 134 valence electrons. The molecule has 6 nitrogen and oxygen atoms in total. The van der Waals surface area contributed by atoms with Gasteiger partial charge < -0.3 is 24.3 Å². The lowest BCUT2D eigenvalue weighted by molar-refractivity contribution is 0.174. The summed E-state index contributed by atoms with van der Waals surface area (Å²) in [4.78, 5) is 6.58. The third kappa shape index (κ3) is 3.74. The number of aromatic nitrogens is 2. The molecule has 2 aliphatic rings. The number of hydrogen-bond acceptors (Lipinski definition) is 5. The Bertz CT molecular complexity index is 681. The molecule has 1 unspecified atom stereocenters. The highest BCUT2D eigenvalue weighted by Crippen LogP contribution is 2.36. The Labute approximate surface area is 148 Å². The van der Waals surface area contributed by atoms with Crippen LogP contribution in [-0.4, -0.2) is 41.5 Å². The second-order valence-corrected chi connectivity index (χ2v) is 6.83. The van der Waals surface area contributed by atoms with Gasteiger partial charge in [-0.25, -0.2) is 4.98 Å². The van der Waals surface area contributed by atoms with Crippen LogP contribution in [0.3, 0.4) is 0 Å². The zero-order valence-electron chi connectivity index (χ0n) is 14.7. The monoisotopic (exact) mass is 342 g/mol. The average Bonchev–Trinajstić information content (AvgIpc) is 3.32. The van der Waals surface area contributed by atoms with Crippen molar-refractivity contribution in [1.29, 1.82) is 0 Å². The average molecular weight is 342 g/mol. The highest BCUT2D eigenvalue weighted by molar-refractivity contribution is 5.57. The molecule has 0 bridgehead atoms. The van der Waals surface area contributed by atoms with E-state index in [2.05, 4.69) is 38.8 Å². The molecular formula is C19H26N4O2. The molecule has 0 aliphatic carbocycles. The molecule has 0 radical (unpaired) electrons. The molecule has 4 rings (SSSR count). The minimum atomic E-state index is 0.333. The predicted octanol–water partition coefficient (Wildman–Crippen LogP) is 2.65. The number of anilines is 1. The zero-order valence-corrected chi connectivity index (χ0v) is 14.7. The van der Waals surface area contributed by atoms with E-state index in [1.165, 1.54) is 5.69 Å². The summed E-state index contributed by atoms with van der Waals surface area (Å²) in [6.45, 7) is 5.70. The predicted molar refractivity (Wildman–Crippen MR) is 97.2 cm³/mol. The number of ether oxygens (including phenoxy) is 2. The van der Waals surface area contributed by atoms with Crippen LogP contribution in [0.2, 0.25) is 0 Å². The molecule has 25 heavy (non-hydrogen) atoms. The molecule has 2 aliphatic heterocycles. The van der Waals surface area contributed by atoms with Gasteiger partial charge in [-0.2, -0.15) is 0 Å². The van der Waals surface area contributed by atoms with E-state index in [0.29, 0.717) is 18.9 Å². The molecule has 1 atom stereocenters. The first-order valence-corrected chi connectivity index (χ1v) is 9.18. The van der Waals surface area contributed by atoms with Gasteiger partial charge in [-0.3, -0.25) is 0 Å². The Morgan fingerprint density at radius 1 is 1.24 bits per heavy atom. The number of imidazole rings is 1. The maximum atomic E-state index is 5.50. The lowest BCUT2D eigenvalue weighted by Crippen LogP contribution is -2.47. The molecule has 0 saturated carbocycles. The smallest absolute Gasteiger partial charge is 0.231 e. The van der Waals surface area contributed by atoms with E-state index in [9.17, 15) is 0 Å². The van der Waals surface area contributed by atoms with Gasteiger partial charge in [0.05, 0.1) is 6.33 Å². The van der Waals surface area contributed by atoms with Crippen molar-refractivity contribution in [2.45, 2.75) is 44.8 Å². The van der Waals surface area contributed by atoms with E-state index in [1.54, 1.807) is 0 Å². The summed E-state index contributed by atoms with van der Waals surface area (Å²) in [7, 11) is 0. The normalized spacial score (nSPS) is 18.5. The van der Waals surface area contributed by atoms with Gasteiger partial charge in [-0.05, 0) is 31.4 Å². The Morgan fingerprint density at radius 3 is 2.84 bits per heavy atom. The van der Waals surface area contributed by atoms with E-state index < -0.39 is 0 Å². The zero-order chi connectivity index (χ0) is 17.1. The summed E-state index contributed by atoms with van der Waals surface area (Å²) in [5.41, 5.74) is 1.23. The third-order valence-electron chi connectivity index (χ3n) is 5.17. The van der Waals surface area contributed by atoms with E-state index in [4.69, 9.17) is 9.47 Å². The van der Waals surface area contributed by atoms with E-state index in [-0.39, 0.29) is 0 Å². The van der Waals surface area contributed by atoms with Crippen molar-refractivity contribution in [2.75, 3.05) is 24.8 Å². The highest BCUT2D eigenvalue weighted by Gasteiger charge is 2.23. The van der Waals surface area contributed by atoms with E-state index in [1.807, 2.05) is 24.8 Å².